The first-order chi connectivity index (χ1) is 8.56. The molecule has 5 nitrogen and oxygen atoms in total. The minimum Gasteiger partial charge on any atom is -0.354 e. The fraction of sp³-hybridized carbons (Fsp3) is 0.727. The van der Waals surface area contributed by atoms with Crippen molar-refractivity contribution in [3.8, 4) is 0 Å². The Kier molecular flexibility index (Phi) is 3.05. The van der Waals surface area contributed by atoms with Crippen molar-refractivity contribution in [2.45, 2.75) is 32.2 Å². The molecule has 1 saturated carbocycles. The maximum atomic E-state index is 11.1. The number of anilines is 1. The molecule has 1 unspecified atom stereocenters. The van der Waals surface area contributed by atoms with Crippen LogP contribution in [0, 0.1) is 5.41 Å². The van der Waals surface area contributed by atoms with E-state index < -0.39 is 0 Å². The lowest BCUT2D eigenvalue weighted by Gasteiger charge is -2.48. The van der Waals surface area contributed by atoms with Crippen molar-refractivity contribution in [1.29, 1.82) is 0 Å². The lowest BCUT2D eigenvalue weighted by molar-refractivity contribution is -0.119. The zero-order valence-electron chi connectivity index (χ0n) is 10.1. The normalized spacial score (nSPS) is 25.2. The monoisotopic (exact) mass is 330 g/mol. The first-order valence-electron chi connectivity index (χ1n) is 6.07. The minimum absolute atomic E-state index is 0.0845. The van der Waals surface area contributed by atoms with Gasteiger partial charge in [-0.05, 0) is 35.2 Å². The van der Waals surface area contributed by atoms with Crippen LogP contribution in [0.15, 0.2) is 3.92 Å². The summed E-state index contributed by atoms with van der Waals surface area (Å²) in [5.74, 6) is 0.0845. The van der Waals surface area contributed by atoms with Crippen LogP contribution in [-0.4, -0.2) is 35.2 Å². The Morgan fingerprint density at radius 1 is 1.56 bits per heavy atom. The number of hydrogen-bond donors (Lipinski definition) is 1. The summed E-state index contributed by atoms with van der Waals surface area (Å²) in [6, 6.07) is 0.366. The van der Waals surface area contributed by atoms with E-state index in [1.165, 1.54) is 6.42 Å². The molecule has 0 bridgehead atoms. The van der Waals surface area contributed by atoms with Crippen molar-refractivity contribution < 1.29 is 4.79 Å². The van der Waals surface area contributed by atoms with Crippen LogP contribution in [0.2, 0.25) is 0 Å². The Labute approximate surface area is 118 Å². The standard InChI is InChI=1S/C11H15BrN4OS/c1-7(17)13-8-2-3-11(4-8)5-16(6-11)10-15-14-9(12)18-10/h8H,2-6H2,1H3,(H,13,17). The van der Waals surface area contributed by atoms with E-state index in [0.717, 1.165) is 35.0 Å². The molecule has 1 spiro atoms. The second kappa shape index (κ2) is 4.45. The van der Waals surface area contributed by atoms with Crippen molar-refractivity contribution >= 4 is 38.3 Å². The SMILES string of the molecule is CC(=O)NC1CCC2(C1)CN(c1nnc(Br)s1)C2. The van der Waals surface area contributed by atoms with Crippen molar-refractivity contribution in [2.24, 2.45) is 5.41 Å². The van der Waals surface area contributed by atoms with Crippen LogP contribution in [0.4, 0.5) is 5.13 Å². The molecule has 1 aliphatic heterocycles. The van der Waals surface area contributed by atoms with Gasteiger partial charge in [0.25, 0.3) is 0 Å². The third-order valence-corrected chi connectivity index (χ3v) is 5.24. The van der Waals surface area contributed by atoms with E-state index in [1.807, 2.05) is 0 Å². The highest BCUT2D eigenvalue weighted by molar-refractivity contribution is 9.11. The Bertz CT molecular complexity index is 471. The molecule has 1 saturated heterocycles. The summed E-state index contributed by atoms with van der Waals surface area (Å²) in [6.45, 7) is 3.69. The van der Waals surface area contributed by atoms with E-state index in [2.05, 4.69) is 36.3 Å². The molecule has 2 heterocycles. The van der Waals surface area contributed by atoms with Gasteiger partial charge in [0.1, 0.15) is 0 Å². The Hall–Kier alpha value is -0.690. The molecule has 1 atom stereocenters. The average molecular weight is 331 g/mol. The summed E-state index contributed by atoms with van der Waals surface area (Å²) in [5, 5.41) is 12.1. The summed E-state index contributed by atoms with van der Waals surface area (Å²) in [7, 11) is 0. The fourth-order valence-corrected chi connectivity index (χ4v) is 4.22. The molecular weight excluding hydrogens is 316 g/mol. The van der Waals surface area contributed by atoms with Crippen LogP contribution < -0.4 is 10.2 Å². The summed E-state index contributed by atoms with van der Waals surface area (Å²) in [4.78, 5) is 13.3. The van der Waals surface area contributed by atoms with Gasteiger partial charge in [0.05, 0.1) is 0 Å². The van der Waals surface area contributed by atoms with Crippen LogP contribution in [0.25, 0.3) is 0 Å². The molecule has 0 aromatic carbocycles. The molecule has 1 N–H and O–H groups in total. The Morgan fingerprint density at radius 2 is 2.33 bits per heavy atom. The second-order valence-electron chi connectivity index (χ2n) is 5.33. The molecule has 1 aliphatic carbocycles. The molecule has 3 rings (SSSR count). The molecule has 98 valence electrons. The van der Waals surface area contributed by atoms with Gasteiger partial charge in [-0.2, -0.15) is 0 Å². The quantitative estimate of drug-likeness (QED) is 0.898. The summed E-state index contributed by atoms with van der Waals surface area (Å²) in [6.07, 6.45) is 3.41. The van der Waals surface area contributed by atoms with Crippen LogP contribution in [0.3, 0.4) is 0 Å². The van der Waals surface area contributed by atoms with E-state index >= 15 is 0 Å². The van der Waals surface area contributed by atoms with Crippen LogP contribution >= 0.6 is 27.3 Å². The van der Waals surface area contributed by atoms with Gasteiger partial charge in [0.15, 0.2) is 3.92 Å². The third kappa shape index (κ3) is 2.25. The maximum Gasteiger partial charge on any atom is 0.217 e. The Morgan fingerprint density at radius 3 is 2.94 bits per heavy atom. The number of nitrogens with zero attached hydrogens (tertiary/aromatic N) is 3. The Balaban J connectivity index is 1.57. The van der Waals surface area contributed by atoms with Gasteiger partial charge < -0.3 is 10.2 Å². The first-order valence-corrected chi connectivity index (χ1v) is 7.68. The zero-order chi connectivity index (χ0) is 12.8. The van der Waals surface area contributed by atoms with Crippen molar-refractivity contribution in [1.82, 2.24) is 15.5 Å². The van der Waals surface area contributed by atoms with Gasteiger partial charge in [-0.25, -0.2) is 0 Å². The number of amides is 1. The first kappa shape index (κ1) is 12.3. The van der Waals surface area contributed by atoms with E-state index in [-0.39, 0.29) is 5.91 Å². The second-order valence-corrected chi connectivity index (χ2v) is 7.57. The predicted octanol–water partition coefficient (Wildman–Crippen LogP) is 1.80. The van der Waals surface area contributed by atoms with Crippen LogP contribution in [-0.2, 0) is 4.79 Å². The predicted molar refractivity (Wildman–Crippen MR) is 73.7 cm³/mol. The van der Waals surface area contributed by atoms with Gasteiger partial charge in [-0.3, -0.25) is 4.79 Å². The lowest BCUT2D eigenvalue weighted by Crippen LogP contribution is -2.55. The van der Waals surface area contributed by atoms with E-state index in [9.17, 15) is 4.79 Å². The number of halogens is 1. The summed E-state index contributed by atoms with van der Waals surface area (Å²) >= 11 is 4.91. The fourth-order valence-electron chi connectivity index (χ4n) is 3.13. The number of hydrogen-bond acceptors (Lipinski definition) is 5. The molecule has 7 heteroatoms. The molecule has 18 heavy (non-hydrogen) atoms. The van der Waals surface area contributed by atoms with Gasteiger partial charge in [-0.15, -0.1) is 10.2 Å². The molecule has 1 aromatic heterocycles. The molecule has 2 aliphatic rings. The zero-order valence-corrected chi connectivity index (χ0v) is 12.6. The van der Waals surface area contributed by atoms with Crippen molar-refractivity contribution in [3.05, 3.63) is 3.92 Å². The third-order valence-electron chi connectivity index (χ3n) is 3.82. The smallest absolute Gasteiger partial charge is 0.217 e. The molecule has 0 radical (unpaired) electrons. The lowest BCUT2D eigenvalue weighted by atomic mass is 9.78. The van der Waals surface area contributed by atoms with Gasteiger partial charge in [0.2, 0.25) is 11.0 Å². The highest BCUT2D eigenvalue weighted by atomic mass is 79.9. The number of aromatic nitrogens is 2. The van der Waals surface area contributed by atoms with Gasteiger partial charge in [-0.1, -0.05) is 11.3 Å². The van der Waals surface area contributed by atoms with Gasteiger partial charge in [0, 0.05) is 31.5 Å². The van der Waals surface area contributed by atoms with Crippen LogP contribution in [0.5, 0.6) is 0 Å². The molecular formula is C11H15BrN4OS. The minimum atomic E-state index is 0.0845. The van der Waals surface area contributed by atoms with Crippen molar-refractivity contribution in [2.75, 3.05) is 18.0 Å². The number of rotatable bonds is 2. The highest BCUT2D eigenvalue weighted by Crippen LogP contribution is 2.47. The van der Waals surface area contributed by atoms with E-state index in [4.69, 9.17) is 0 Å². The highest BCUT2D eigenvalue weighted by Gasteiger charge is 2.49. The molecule has 2 fully saturated rings. The van der Waals surface area contributed by atoms with Crippen LogP contribution in [0.1, 0.15) is 26.2 Å². The topological polar surface area (TPSA) is 58.1 Å². The molecule has 1 amide bonds. The number of nitrogens with one attached hydrogen (secondary N) is 1. The van der Waals surface area contributed by atoms with E-state index in [1.54, 1.807) is 18.3 Å². The average Bonchev–Trinajstić information content (AvgIpc) is 2.81. The summed E-state index contributed by atoms with van der Waals surface area (Å²) < 4.78 is 0.834. The molecule has 1 aromatic rings. The van der Waals surface area contributed by atoms with Crippen molar-refractivity contribution in [3.63, 3.8) is 0 Å². The number of carbonyl (C=O) groups is 1. The van der Waals surface area contributed by atoms with Gasteiger partial charge >= 0.3 is 0 Å². The summed E-state index contributed by atoms with van der Waals surface area (Å²) in [5.41, 5.74) is 0.394. The number of carbonyl (C=O) groups excluding carboxylic acids is 1. The van der Waals surface area contributed by atoms with E-state index in [0.29, 0.717) is 11.5 Å². The largest absolute Gasteiger partial charge is 0.354 e. The maximum absolute atomic E-state index is 11.1.